The van der Waals surface area contributed by atoms with E-state index in [0.29, 0.717) is 28.4 Å². The van der Waals surface area contributed by atoms with Crippen LogP contribution in [0.5, 0.6) is 0 Å². The first kappa shape index (κ1) is 16.1. The van der Waals surface area contributed by atoms with E-state index in [1.54, 1.807) is 48.2 Å². The normalized spacial score (nSPS) is 11.2. The van der Waals surface area contributed by atoms with E-state index in [2.05, 4.69) is 4.98 Å². The summed E-state index contributed by atoms with van der Waals surface area (Å²) in [5.41, 5.74) is 1.87. The molecule has 1 aromatic carbocycles. The molecule has 0 aliphatic rings. The zero-order chi connectivity index (χ0) is 18.3. The summed E-state index contributed by atoms with van der Waals surface area (Å²) in [6.45, 7) is 0.477. The van der Waals surface area contributed by atoms with Gasteiger partial charge in [-0.1, -0.05) is 30.3 Å². The quantitative estimate of drug-likeness (QED) is 0.532. The van der Waals surface area contributed by atoms with Crippen molar-refractivity contribution in [2.75, 3.05) is 19.1 Å². The van der Waals surface area contributed by atoms with Crippen molar-refractivity contribution in [2.45, 2.75) is 6.54 Å². The lowest BCUT2D eigenvalue weighted by Gasteiger charge is -2.16. The first-order valence-corrected chi connectivity index (χ1v) is 8.32. The molecule has 26 heavy (non-hydrogen) atoms. The van der Waals surface area contributed by atoms with Gasteiger partial charge in [-0.25, -0.2) is 9.66 Å². The highest BCUT2D eigenvalue weighted by atomic mass is 16.1. The van der Waals surface area contributed by atoms with Gasteiger partial charge >= 0.3 is 0 Å². The van der Waals surface area contributed by atoms with Gasteiger partial charge in [0, 0.05) is 26.5 Å². The summed E-state index contributed by atoms with van der Waals surface area (Å²) < 4.78 is 3.12. The number of benzene rings is 1. The average molecular weight is 346 g/mol. The zero-order valence-electron chi connectivity index (χ0n) is 14.6. The predicted octanol–water partition coefficient (Wildman–Crippen LogP) is 1.96. The van der Waals surface area contributed by atoms with Gasteiger partial charge in [-0.15, -0.1) is 0 Å². The molecule has 6 heteroatoms. The molecular weight excluding hydrogens is 328 g/mol. The van der Waals surface area contributed by atoms with Crippen molar-refractivity contribution in [3.05, 3.63) is 87.2 Å². The van der Waals surface area contributed by atoms with E-state index in [0.717, 1.165) is 5.56 Å². The molecule has 6 nitrogen and oxygen atoms in total. The Morgan fingerprint density at radius 3 is 2.23 bits per heavy atom. The van der Waals surface area contributed by atoms with E-state index in [9.17, 15) is 9.59 Å². The van der Waals surface area contributed by atoms with Crippen LogP contribution in [0.2, 0.25) is 0 Å². The van der Waals surface area contributed by atoms with Crippen molar-refractivity contribution >= 4 is 21.8 Å². The molecule has 0 saturated carbocycles. The fourth-order valence-corrected chi connectivity index (χ4v) is 3.07. The van der Waals surface area contributed by atoms with Crippen LogP contribution in [0, 0.1) is 0 Å². The number of hydrogen-bond donors (Lipinski definition) is 0. The maximum Gasteiger partial charge on any atom is 0.278 e. The SMILES string of the molecule is CN(C)n1ccc2nc3ccn(Cc4ccccc4)c(=O)c3cc2c1=O. The van der Waals surface area contributed by atoms with Gasteiger partial charge in [0.1, 0.15) is 0 Å². The fourth-order valence-electron chi connectivity index (χ4n) is 3.07. The minimum absolute atomic E-state index is 0.152. The van der Waals surface area contributed by atoms with Gasteiger partial charge in [0.25, 0.3) is 11.1 Å². The Kier molecular flexibility index (Phi) is 3.80. The monoisotopic (exact) mass is 346 g/mol. The number of nitrogens with zero attached hydrogens (tertiary/aromatic N) is 4. The van der Waals surface area contributed by atoms with Crippen LogP contribution < -0.4 is 16.1 Å². The van der Waals surface area contributed by atoms with Crippen LogP contribution in [0.4, 0.5) is 0 Å². The summed E-state index contributed by atoms with van der Waals surface area (Å²) in [6, 6.07) is 15.0. The number of aromatic nitrogens is 3. The Bertz CT molecular complexity index is 1220. The predicted molar refractivity (Wildman–Crippen MR) is 103 cm³/mol. The lowest BCUT2D eigenvalue weighted by Crippen LogP contribution is -2.35. The summed E-state index contributed by atoms with van der Waals surface area (Å²) in [5.74, 6) is 0. The average Bonchev–Trinajstić information content (AvgIpc) is 2.64. The van der Waals surface area contributed by atoms with Crippen molar-refractivity contribution in [1.82, 2.24) is 14.2 Å². The molecule has 3 heterocycles. The number of hydrogen-bond acceptors (Lipinski definition) is 4. The molecule has 0 aliphatic carbocycles. The molecule has 0 amide bonds. The topological polar surface area (TPSA) is 60.1 Å². The van der Waals surface area contributed by atoms with Crippen LogP contribution in [0.1, 0.15) is 5.56 Å². The summed E-state index contributed by atoms with van der Waals surface area (Å²) in [7, 11) is 3.57. The number of rotatable bonds is 3. The van der Waals surface area contributed by atoms with Crippen molar-refractivity contribution in [1.29, 1.82) is 0 Å². The highest BCUT2D eigenvalue weighted by molar-refractivity contribution is 5.91. The third-order valence-corrected chi connectivity index (χ3v) is 4.42. The Balaban J connectivity index is 1.93. The maximum atomic E-state index is 12.9. The van der Waals surface area contributed by atoms with Crippen molar-refractivity contribution in [3.8, 4) is 0 Å². The molecule has 4 rings (SSSR count). The van der Waals surface area contributed by atoms with Crippen molar-refractivity contribution < 1.29 is 0 Å². The molecule has 0 radical (unpaired) electrons. The summed E-state index contributed by atoms with van der Waals surface area (Å²) in [5, 5.41) is 2.57. The zero-order valence-corrected chi connectivity index (χ0v) is 14.6. The van der Waals surface area contributed by atoms with Crippen molar-refractivity contribution in [2.24, 2.45) is 0 Å². The molecular formula is C20H18N4O2. The van der Waals surface area contributed by atoms with E-state index in [-0.39, 0.29) is 11.1 Å². The summed E-state index contributed by atoms with van der Waals surface area (Å²) in [6.07, 6.45) is 3.43. The second-order valence-electron chi connectivity index (χ2n) is 6.40. The third-order valence-electron chi connectivity index (χ3n) is 4.42. The molecule has 0 unspecified atom stereocenters. The van der Waals surface area contributed by atoms with Gasteiger partial charge in [0.15, 0.2) is 0 Å². The third kappa shape index (κ3) is 2.65. The van der Waals surface area contributed by atoms with E-state index in [4.69, 9.17) is 0 Å². The standard InChI is InChI=1S/C20H18N4O2/c1-22(2)24-11-9-18-16(20(24)26)12-15-17(21-18)8-10-23(19(15)25)13-14-6-4-3-5-7-14/h3-12H,13H2,1-2H3. The van der Waals surface area contributed by atoms with Crippen LogP contribution in [-0.4, -0.2) is 28.3 Å². The van der Waals surface area contributed by atoms with Gasteiger partial charge in [-0.05, 0) is 23.8 Å². The van der Waals surface area contributed by atoms with Gasteiger partial charge < -0.3 is 9.58 Å². The Hall–Kier alpha value is -3.41. The molecule has 0 atom stereocenters. The molecule has 0 saturated heterocycles. The second-order valence-corrected chi connectivity index (χ2v) is 6.40. The first-order chi connectivity index (χ1) is 12.5. The lowest BCUT2D eigenvalue weighted by molar-refractivity contribution is 0.706. The number of fused-ring (bicyclic) bond motifs is 2. The molecule has 0 aliphatic heterocycles. The van der Waals surface area contributed by atoms with Gasteiger partial charge in [-0.2, -0.15) is 0 Å². The smallest absolute Gasteiger partial charge is 0.278 e. The molecule has 130 valence electrons. The Morgan fingerprint density at radius 1 is 0.885 bits per heavy atom. The highest BCUT2D eigenvalue weighted by Gasteiger charge is 2.10. The molecule has 0 bridgehead atoms. The van der Waals surface area contributed by atoms with Crippen LogP contribution in [0.25, 0.3) is 21.8 Å². The fraction of sp³-hybridized carbons (Fsp3) is 0.150. The van der Waals surface area contributed by atoms with Gasteiger partial charge in [0.2, 0.25) is 0 Å². The van der Waals surface area contributed by atoms with Crippen molar-refractivity contribution in [3.63, 3.8) is 0 Å². The van der Waals surface area contributed by atoms with E-state index >= 15 is 0 Å². The summed E-state index contributed by atoms with van der Waals surface area (Å²) >= 11 is 0. The number of pyridine rings is 3. The first-order valence-electron chi connectivity index (χ1n) is 8.32. The van der Waals surface area contributed by atoms with E-state index in [1.165, 1.54) is 4.68 Å². The minimum Gasteiger partial charge on any atom is -0.316 e. The minimum atomic E-state index is -0.195. The van der Waals surface area contributed by atoms with E-state index in [1.807, 2.05) is 36.4 Å². The second kappa shape index (κ2) is 6.15. The van der Waals surface area contributed by atoms with E-state index < -0.39 is 0 Å². The summed E-state index contributed by atoms with van der Waals surface area (Å²) in [4.78, 5) is 30.1. The van der Waals surface area contributed by atoms with Crippen LogP contribution >= 0.6 is 0 Å². The van der Waals surface area contributed by atoms with Crippen LogP contribution in [0.3, 0.4) is 0 Å². The van der Waals surface area contributed by atoms with Gasteiger partial charge in [0.05, 0.1) is 28.4 Å². The maximum absolute atomic E-state index is 12.9. The molecule has 0 fully saturated rings. The largest absolute Gasteiger partial charge is 0.316 e. The molecule has 3 aromatic heterocycles. The Labute approximate surface area is 149 Å². The van der Waals surface area contributed by atoms with Crippen LogP contribution in [-0.2, 0) is 6.54 Å². The Morgan fingerprint density at radius 2 is 1.54 bits per heavy atom. The molecule has 4 aromatic rings. The lowest BCUT2D eigenvalue weighted by atomic mass is 10.2. The van der Waals surface area contributed by atoms with Crippen LogP contribution in [0.15, 0.2) is 70.5 Å². The highest BCUT2D eigenvalue weighted by Crippen LogP contribution is 2.14. The molecule has 0 spiro atoms. The van der Waals surface area contributed by atoms with Gasteiger partial charge in [-0.3, -0.25) is 9.59 Å². The molecule has 0 N–H and O–H groups in total.